The molecule has 0 unspecified atom stereocenters. The van der Waals surface area contributed by atoms with Crippen molar-refractivity contribution in [3.8, 4) is 11.4 Å². The SMILES string of the molecule is CCc1nc(-c2nnn(C)c2COC(=O)N(C)C2CC(F)C2)ccc1N1C[C@@H](CC(=O)OC(C)(C)C)CC(F)(F)C1. The van der Waals surface area contributed by atoms with Crippen LogP contribution in [0.25, 0.3) is 11.4 Å². The van der Waals surface area contributed by atoms with E-state index in [4.69, 9.17) is 14.5 Å². The Balaban J connectivity index is 1.50. The maximum absolute atomic E-state index is 14.8. The molecular weight excluding hydrogens is 541 g/mol. The monoisotopic (exact) mass is 580 g/mol. The van der Waals surface area contributed by atoms with E-state index in [-0.39, 0.29) is 32.0 Å². The summed E-state index contributed by atoms with van der Waals surface area (Å²) in [5.41, 5.74) is 1.85. The number of hydrogen-bond acceptors (Lipinski definition) is 8. The molecular formula is C28H39F3N6O4. The Labute approximate surface area is 238 Å². The van der Waals surface area contributed by atoms with E-state index in [0.29, 0.717) is 47.7 Å². The van der Waals surface area contributed by atoms with Crippen LogP contribution in [0.5, 0.6) is 0 Å². The molecule has 10 nitrogen and oxygen atoms in total. The number of piperidine rings is 1. The van der Waals surface area contributed by atoms with Gasteiger partial charge in [0, 0.05) is 33.1 Å². The van der Waals surface area contributed by atoms with Crippen molar-refractivity contribution < 1.29 is 32.2 Å². The maximum Gasteiger partial charge on any atom is 0.410 e. The van der Waals surface area contributed by atoms with Crippen molar-refractivity contribution >= 4 is 17.7 Å². The lowest BCUT2D eigenvalue weighted by atomic mass is 9.90. The molecule has 2 aromatic rings. The van der Waals surface area contributed by atoms with E-state index in [2.05, 4.69) is 10.3 Å². The number of aryl methyl sites for hydroxylation is 2. The molecule has 0 bridgehead atoms. The van der Waals surface area contributed by atoms with E-state index in [1.807, 2.05) is 6.92 Å². The first-order valence-corrected chi connectivity index (χ1v) is 13.9. The first-order chi connectivity index (χ1) is 19.2. The van der Waals surface area contributed by atoms with Crippen molar-refractivity contribution in [3.05, 3.63) is 23.5 Å². The van der Waals surface area contributed by atoms with E-state index in [9.17, 15) is 22.8 Å². The van der Waals surface area contributed by atoms with E-state index in [0.717, 1.165) is 0 Å². The molecule has 226 valence electrons. The molecule has 0 spiro atoms. The number of rotatable bonds is 8. The van der Waals surface area contributed by atoms with Crippen molar-refractivity contribution in [2.45, 2.75) is 90.1 Å². The number of halogens is 3. The van der Waals surface area contributed by atoms with Gasteiger partial charge in [0.1, 0.15) is 29.8 Å². The van der Waals surface area contributed by atoms with E-state index >= 15 is 0 Å². The van der Waals surface area contributed by atoms with Crippen molar-refractivity contribution in [1.82, 2.24) is 24.9 Å². The molecule has 2 aliphatic rings. The third-order valence-corrected chi connectivity index (χ3v) is 7.40. The zero-order valence-electron chi connectivity index (χ0n) is 24.5. The summed E-state index contributed by atoms with van der Waals surface area (Å²) in [6, 6.07) is 3.23. The summed E-state index contributed by atoms with van der Waals surface area (Å²) in [5, 5.41) is 8.26. The Morgan fingerprint density at radius 1 is 1.22 bits per heavy atom. The molecule has 0 N–H and O–H groups in total. The minimum Gasteiger partial charge on any atom is -0.460 e. The van der Waals surface area contributed by atoms with Gasteiger partial charge in [-0.1, -0.05) is 12.1 Å². The molecule has 13 heteroatoms. The fraction of sp³-hybridized carbons (Fsp3) is 0.679. The lowest BCUT2D eigenvalue weighted by Crippen LogP contribution is -2.48. The van der Waals surface area contributed by atoms with Crippen LogP contribution in [0.3, 0.4) is 0 Å². The zero-order valence-corrected chi connectivity index (χ0v) is 24.5. The summed E-state index contributed by atoms with van der Waals surface area (Å²) in [4.78, 5) is 32.6. The highest BCUT2D eigenvalue weighted by molar-refractivity contribution is 5.70. The van der Waals surface area contributed by atoms with Crippen LogP contribution in [0.15, 0.2) is 12.1 Å². The first kappa shape index (κ1) is 30.6. The molecule has 1 saturated heterocycles. The summed E-state index contributed by atoms with van der Waals surface area (Å²) in [6.07, 6.45) is -0.885. The molecule has 0 radical (unpaired) electrons. The van der Waals surface area contributed by atoms with Crippen LogP contribution >= 0.6 is 0 Å². The number of ether oxygens (including phenoxy) is 2. The highest BCUT2D eigenvalue weighted by Gasteiger charge is 2.42. The van der Waals surface area contributed by atoms with Gasteiger partial charge in [-0.2, -0.15) is 0 Å². The van der Waals surface area contributed by atoms with Crippen LogP contribution in [-0.4, -0.2) is 80.8 Å². The second kappa shape index (κ2) is 11.8. The Morgan fingerprint density at radius 2 is 1.93 bits per heavy atom. The van der Waals surface area contributed by atoms with Gasteiger partial charge in [-0.15, -0.1) is 5.10 Å². The predicted octanol–water partition coefficient (Wildman–Crippen LogP) is 4.70. The first-order valence-electron chi connectivity index (χ1n) is 13.9. The highest BCUT2D eigenvalue weighted by atomic mass is 19.3. The number of pyridine rings is 1. The molecule has 1 amide bonds. The summed E-state index contributed by atoms with van der Waals surface area (Å²) >= 11 is 0. The van der Waals surface area contributed by atoms with Gasteiger partial charge in [0.15, 0.2) is 0 Å². The third-order valence-electron chi connectivity index (χ3n) is 7.40. The number of anilines is 1. The molecule has 41 heavy (non-hydrogen) atoms. The van der Waals surface area contributed by atoms with Gasteiger partial charge in [0.25, 0.3) is 5.92 Å². The van der Waals surface area contributed by atoms with Gasteiger partial charge in [0.05, 0.1) is 30.0 Å². The van der Waals surface area contributed by atoms with Crippen LogP contribution in [0.1, 0.15) is 64.8 Å². The molecule has 1 saturated carbocycles. The highest BCUT2D eigenvalue weighted by Crippen LogP contribution is 2.37. The third kappa shape index (κ3) is 7.48. The quantitative estimate of drug-likeness (QED) is 0.414. The number of hydrogen-bond donors (Lipinski definition) is 0. The number of carbonyl (C=O) groups is 2. The zero-order chi connectivity index (χ0) is 30.1. The molecule has 1 aliphatic heterocycles. The molecule has 2 fully saturated rings. The minimum atomic E-state index is -2.98. The molecule has 1 atom stereocenters. The number of alkyl halides is 3. The van der Waals surface area contributed by atoms with Crippen molar-refractivity contribution in [2.24, 2.45) is 13.0 Å². The van der Waals surface area contributed by atoms with E-state index in [1.165, 1.54) is 9.58 Å². The normalized spacial score (nSPS) is 22.2. The van der Waals surface area contributed by atoms with E-state index in [1.54, 1.807) is 51.9 Å². The number of nitrogens with zero attached hydrogens (tertiary/aromatic N) is 6. The van der Waals surface area contributed by atoms with Gasteiger partial charge in [-0.3, -0.25) is 4.79 Å². The lowest BCUT2D eigenvalue weighted by Gasteiger charge is -2.39. The van der Waals surface area contributed by atoms with Crippen LogP contribution in [-0.2, 0) is 34.3 Å². The Morgan fingerprint density at radius 3 is 2.56 bits per heavy atom. The van der Waals surface area contributed by atoms with Gasteiger partial charge >= 0.3 is 12.1 Å². The number of amides is 1. The largest absolute Gasteiger partial charge is 0.460 e. The fourth-order valence-electron chi connectivity index (χ4n) is 5.28. The summed E-state index contributed by atoms with van der Waals surface area (Å²) in [5.74, 6) is -4.05. The Hall–Kier alpha value is -3.38. The van der Waals surface area contributed by atoms with Gasteiger partial charge < -0.3 is 19.3 Å². The van der Waals surface area contributed by atoms with Crippen LogP contribution in [0.2, 0.25) is 0 Å². The lowest BCUT2D eigenvalue weighted by molar-refractivity contribution is -0.156. The molecule has 2 aromatic heterocycles. The van der Waals surface area contributed by atoms with Crippen molar-refractivity contribution in [2.75, 3.05) is 25.0 Å². The summed E-state index contributed by atoms with van der Waals surface area (Å²) < 4.78 is 55.1. The van der Waals surface area contributed by atoms with Crippen LogP contribution in [0.4, 0.5) is 23.7 Å². The second-order valence-electron chi connectivity index (χ2n) is 12.0. The Bertz CT molecular complexity index is 1260. The number of esters is 1. The smallest absolute Gasteiger partial charge is 0.410 e. The standard InChI is InChI=1S/C28H39F3N6O4/c1-7-20-22(37-14-17(13-28(30,31)16-37)10-24(38)41-27(2,3)4)9-8-21(32-20)25-23(36(6)34-33-25)15-40-26(39)35(5)19-11-18(29)12-19/h8-9,17-19H,7,10-16H2,1-6H3/t17-,18?,19?/m0/s1. The molecule has 3 heterocycles. The van der Waals surface area contributed by atoms with Crippen molar-refractivity contribution in [1.29, 1.82) is 0 Å². The Kier molecular flexibility index (Phi) is 8.84. The second-order valence-corrected chi connectivity index (χ2v) is 12.0. The van der Waals surface area contributed by atoms with E-state index < -0.39 is 42.2 Å². The number of carbonyl (C=O) groups excluding carboxylic acids is 2. The number of aromatic nitrogens is 4. The maximum atomic E-state index is 14.8. The average Bonchev–Trinajstić information content (AvgIpc) is 3.22. The minimum absolute atomic E-state index is 0.0949. The van der Waals surface area contributed by atoms with Crippen LogP contribution in [0, 0.1) is 5.92 Å². The summed E-state index contributed by atoms with van der Waals surface area (Å²) in [7, 11) is 3.25. The van der Waals surface area contributed by atoms with Gasteiger partial charge in [-0.05, 0) is 58.1 Å². The van der Waals surface area contributed by atoms with Gasteiger partial charge in [-0.25, -0.2) is 27.6 Å². The summed E-state index contributed by atoms with van der Waals surface area (Å²) in [6.45, 7) is 6.79. The molecule has 1 aliphatic carbocycles. The molecule has 0 aromatic carbocycles. The molecule has 4 rings (SSSR count). The fourth-order valence-corrected chi connectivity index (χ4v) is 5.28. The topological polar surface area (TPSA) is 103 Å². The average molecular weight is 581 g/mol. The van der Waals surface area contributed by atoms with Gasteiger partial charge in [0.2, 0.25) is 0 Å². The van der Waals surface area contributed by atoms with Crippen molar-refractivity contribution in [3.63, 3.8) is 0 Å². The van der Waals surface area contributed by atoms with Crippen LogP contribution < -0.4 is 4.90 Å². The predicted molar refractivity (Wildman–Crippen MR) is 145 cm³/mol.